The Bertz CT molecular complexity index is 1800. The van der Waals surface area contributed by atoms with Gasteiger partial charge in [-0.15, -0.1) is 0 Å². The van der Waals surface area contributed by atoms with Gasteiger partial charge in [0.15, 0.2) is 0 Å². The van der Waals surface area contributed by atoms with E-state index in [9.17, 15) is 14.7 Å². The summed E-state index contributed by atoms with van der Waals surface area (Å²) in [6, 6.07) is 18.0. The number of carbonyl (C=O) groups excluding carboxylic acids is 1. The summed E-state index contributed by atoms with van der Waals surface area (Å²) < 4.78 is 2.11. The van der Waals surface area contributed by atoms with Gasteiger partial charge >= 0.3 is 5.97 Å². The number of hydrogen-bond acceptors (Lipinski definition) is 2. The van der Waals surface area contributed by atoms with Crippen molar-refractivity contribution in [3.63, 3.8) is 0 Å². The SMILES string of the molecule is CC1(C)C(c2ccc(C(=O)O)cc2)=CC[C@@]2(C)C1CC[C@]1(C)C2CC[C@@H]2C3CCC[C@]3(NC(=O)Cn3ccc4ccccc43)CC[C@]21C. The average Bonchev–Trinajstić information content (AvgIpc) is 3.65. The Balaban J connectivity index is 1.05. The fraction of sp³-hybridized carbons (Fsp3) is 0.581. The summed E-state index contributed by atoms with van der Waals surface area (Å²) in [4.78, 5) is 25.3. The summed E-state index contributed by atoms with van der Waals surface area (Å²) in [6.07, 6.45) is 16.6. The predicted molar refractivity (Wildman–Crippen MR) is 192 cm³/mol. The van der Waals surface area contributed by atoms with Crippen molar-refractivity contribution in [1.82, 2.24) is 9.88 Å². The number of fused-ring (bicyclic) bond motifs is 8. The summed E-state index contributed by atoms with van der Waals surface area (Å²) in [5, 5.41) is 14.4. The van der Waals surface area contributed by atoms with E-state index in [1.807, 2.05) is 12.1 Å². The van der Waals surface area contributed by atoms with Crippen molar-refractivity contribution in [3.8, 4) is 0 Å². The molecule has 0 saturated heterocycles. The molecule has 1 amide bonds. The zero-order valence-corrected chi connectivity index (χ0v) is 29.6. The van der Waals surface area contributed by atoms with Crippen LogP contribution in [0.3, 0.4) is 0 Å². The molecule has 4 fully saturated rings. The molecule has 2 aromatic carbocycles. The van der Waals surface area contributed by atoms with Crippen molar-refractivity contribution in [1.29, 1.82) is 0 Å². The standard InChI is InChI=1S/C43H54N2O3/c1-39(2)31(28-12-14-30(15-13-28)38(47)48)18-22-40(3)35(39)19-23-42(5)36(40)17-16-32-33-10-8-21-43(33,25-24-41(32,42)4)44-37(46)27-45-26-20-29-9-6-7-11-34(29)45/h6-7,9,11-15,18,20,26,32-33,35-36H,8,10,16-17,19,21-25,27H2,1-5H3,(H,44,46)(H,47,48)/t32-,33?,35?,36?,40+,41-,42-,43+/m1/s1. The Morgan fingerprint density at radius 2 is 1.58 bits per heavy atom. The summed E-state index contributed by atoms with van der Waals surface area (Å²) in [5.41, 5.74) is 4.77. The molecule has 2 N–H and O–H groups in total. The third-order valence-electron chi connectivity index (χ3n) is 15.8. The molecule has 5 aliphatic carbocycles. The van der Waals surface area contributed by atoms with Crippen LogP contribution in [0.4, 0.5) is 0 Å². The number of aromatic carboxylic acids is 1. The molecule has 3 unspecified atom stereocenters. The monoisotopic (exact) mass is 646 g/mol. The molecule has 0 aliphatic heterocycles. The quantitative estimate of drug-likeness (QED) is 0.290. The summed E-state index contributed by atoms with van der Waals surface area (Å²) in [7, 11) is 0. The Hall–Kier alpha value is -3.34. The van der Waals surface area contributed by atoms with Crippen molar-refractivity contribution in [2.24, 2.45) is 45.3 Å². The third kappa shape index (κ3) is 4.40. The maximum atomic E-state index is 13.8. The number of para-hydroxylation sites is 1. The molecule has 0 spiro atoms. The lowest BCUT2D eigenvalue weighted by atomic mass is 9.33. The molecule has 1 heterocycles. The summed E-state index contributed by atoms with van der Waals surface area (Å²) in [6.45, 7) is 13.3. The topological polar surface area (TPSA) is 71.3 Å². The highest BCUT2D eigenvalue weighted by Crippen LogP contribution is 2.76. The highest BCUT2D eigenvalue weighted by Gasteiger charge is 2.69. The molecule has 3 aromatic rings. The van der Waals surface area contributed by atoms with Gasteiger partial charge in [0.2, 0.25) is 5.91 Å². The van der Waals surface area contributed by atoms with Crippen molar-refractivity contribution in [2.75, 3.05) is 0 Å². The van der Waals surface area contributed by atoms with Gasteiger partial charge in [-0.1, -0.05) is 77.4 Å². The number of rotatable bonds is 5. The summed E-state index contributed by atoms with van der Waals surface area (Å²) in [5.74, 6) is 1.77. The minimum atomic E-state index is -0.868. The molecule has 8 rings (SSSR count). The van der Waals surface area contributed by atoms with Crippen LogP contribution in [0.1, 0.15) is 115 Å². The van der Waals surface area contributed by atoms with Crippen LogP contribution >= 0.6 is 0 Å². The van der Waals surface area contributed by atoms with Crippen molar-refractivity contribution < 1.29 is 14.7 Å². The minimum absolute atomic E-state index is 0.0132. The second-order valence-corrected chi connectivity index (χ2v) is 17.8. The fourth-order valence-electron chi connectivity index (χ4n) is 13.4. The Morgan fingerprint density at radius 1 is 0.812 bits per heavy atom. The van der Waals surface area contributed by atoms with Gasteiger partial charge in [0.25, 0.3) is 0 Å². The maximum absolute atomic E-state index is 13.8. The van der Waals surface area contributed by atoms with Gasteiger partial charge < -0.3 is 15.0 Å². The van der Waals surface area contributed by atoms with Crippen LogP contribution in [0.2, 0.25) is 0 Å². The number of carboxylic acids is 1. The third-order valence-corrected chi connectivity index (χ3v) is 15.8. The van der Waals surface area contributed by atoms with E-state index < -0.39 is 5.97 Å². The molecule has 5 aliphatic rings. The van der Waals surface area contributed by atoms with Crippen LogP contribution < -0.4 is 5.32 Å². The minimum Gasteiger partial charge on any atom is -0.478 e. The van der Waals surface area contributed by atoms with Gasteiger partial charge in [-0.25, -0.2) is 4.79 Å². The number of nitrogens with one attached hydrogen (secondary N) is 1. The first kappa shape index (κ1) is 31.9. The first-order valence-electron chi connectivity index (χ1n) is 18.7. The van der Waals surface area contributed by atoms with Gasteiger partial charge in [-0.3, -0.25) is 4.79 Å². The molecule has 5 heteroatoms. The van der Waals surface area contributed by atoms with E-state index in [1.54, 1.807) is 12.1 Å². The van der Waals surface area contributed by atoms with Crippen LogP contribution in [0.15, 0.2) is 66.9 Å². The molecule has 0 bridgehead atoms. The molecule has 1 aromatic heterocycles. The number of aromatic nitrogens is 1. The Labute approximate surface area is 286 Å². The first-order valence-corrected chi connectivity index (χ1v) is 18.7. The van der Waals surface area contributed by atoms with Crippen LogP contribution in [-0.2, 0) is 11.3 Å². The molecule has 4 saturated carbocycles. The highest BCUT2D eigenvalue weighted by atomic mass is 16.4. The van der Waals surface area contributed by atoms with E-state index in [1.165, 1.54) is 61.5 Å². The molecule has 0 radical (unpaired) electrons. The Morgan fingerprint density at radius 3 is 2.35 bits per heavy atom. The fourth-order valence-corrected chi connectivity index (χ4v) is 13.4. The van der Waals surface area contributed by atoms with Crippen LogP contribution in [-0.4, -0.2) is 27.1 Å². The molecule has 8 atom stereocenters. The number of amides is 1. The zero-order valence-electron chi connectivity index (χ0n) is 29.6. The van der Waals surface area contributed by atoms with Gasteiger partial charge in [0.05, 0.1) is 5.56 Å². The molecule has 48 heavy (non-hydrogen) atoms. The van der Waals surface area contributed by atoms with E-state index >= 15 is 0 Å². The summed E-state index contributed by atoms with van der Waals surface area (Å²) >= 11 is 0. The molecular weight excluding hydrogens is 592 g/mol. The molecule has 5 nitrogen and oxygen atoms in total. The number of hydrogen-bond donors (Lipinski definition) is 2. The number of allylic oxidation sites excluding steroid dienone is 2. The average molecular weight is 647 g/mol. The smallest absolute Gasteiger partial charge is 0.335 e. The highest BCUT2D eigenvalue weighted by molar-refractivity contribution is 5.88. The van der Waals surface area contributed by atoms with Gasteiger partial charge in [0, 0.05) is 17.3 Å². The van der Waals surface area contributed by atoms with Crippen LogP contribution in [0, 0.1) is 45.3 Å². The largest absolute Gasteiger partial charge is 0.478 e. The number of nitrogens with zero attached hydrogens (tertiary/aromatic N) is 1. The zero-order chi connectivity index (χ0) is 33.7. The van der Waals surface area contributed by atoms with Gasteiger partial charge in [0.1, 0.15) is 6.54 Å². The van der Waals surface area contributed by atoms with Gasteiger partial charge in [-0.2, -0.15) is 0 Å². The maximum Gasteiger partial charge on any atom is 0.335 e. The van der Waals surface area contributed by atoms with Crippen molar-refractivity contribution in [2.45, 2.75) is 111 Å². The van der Waals surface area contributed by atoms with Crippen LogP contribution in [0.5, 0.6) is 0 Å². The van der Waals surface area contributed by atoms with Crippen molar-refractivity contribution >= 4 is 28.4 Å². The van der Waals surface area contributed by atoms with Gasteiger partial charge in [-0.05, 0) is 144 Å². The number of benzene rings is 2. The lowest BCUT2D eigenvalue weighted by molar-refractivity contribution is -0.217. The molecular formula is C43H54N2O3. The van der Waals surface area contributed by atoms with Crippen LogP contribution in [0.25, 0.3) is 16.5 Å². The number of carbonyl (C=O) groups is 2. The van der Waals surface area contributed by atoms with Crippen molar-refractivity contribution in [3.05, 3.63) is 78.0 Å². The lowest BCUT2D eigenvalue weighted by Gasteiger charge is -2.72. The second-order valence-electron chi connectivity index (χ2n) is 17.8. The predicted octanol–water partition coefficient (Wildman–Crippen LogP) is 9.76. The van der Waals surface area contributed by atoms with E-state index in [2.05, 4.69) is 87.1 Å². The first-order chi connectivity index (χ1) is 22.8. The number of carboxylic acid groups (broad SMARTS) is 1. The van der Waals surface area contributed by atoms with E-state index in [-0.39, 0.29) is 33.1 Å². The van der Waals surface area contributed by atoms with E-state index in [0.717, 1.165) is 24.8 Å². The van der Waals surface area contributed by atoms with E-state index in [4.69, 9.17) is 0 Å². The Kier molecular flexibility index (Phi) is 7.20. The van der Waals surface area contributed by atoms with E-state index in [0.29, 0.717) is 35.8 Å². The second kappa shape index (κ2) is 10.8. The lowest BCUT2D eigenvalue weighted by Crippen LogP contribution is -2.67. The molecule has 254 valence electrons. The normalized spacial score (nSPS) is 38.2.